The second-order valence-corrected chi connectivity index (χ2v) is 4.60. The van der Waals surface area contributed by atoms with Crippen LogP contribution in [0.4, 0.5) is 5.69 Å². The molecule has 0 N–H and O–H groups in total. The molecule has 4 heteroatoms. The number of amidine groups is 1. The van der Waals surface area contributed by atoms with Gasteiger partial charge in [-0.2, -0.15) is 0 Å². The first kappa shape index (κ1) is 12.2. The number of benzene rings is 1. The normalized spacial score (nSPS) is 11.6. The summed E-state index contributed by atoms with van der Waals surface area (Å²) in [6.07, 6.45) is 0. The molecule has 76 valence electrons. The molecule has 0 saturated heterocycles. The largest absolute Gasteiger partial charge is 0.270 e. The van der Waals surface area contributed by atoms with Gasteiger partial charge in [0.2, 0.25) is 0 Å². The minimum Gasteiger partial charge on any atom is -0.270 e. The standard InChI is InChI=1S/C10H12I2N2/c1-7-5-4-6-8(2)10(7)14(12)9(3)13-11/h4-6H,1-3H3/b13-9-. The highest BCUT2D eigenvalue weighted by molar-refractivity contribution is 14.1. The van der Waals surface area contributed by atoms with E-state index in [0.717, 1.165) is 5.84 Å². The summed E-state index contributed by atoms with van der Waals surface area (Å²) in [5, 5.41) is 0. The van der Waals surface area contributed by atoms with E-state index in [2.05, 4.69) is 61.2 Å². The van der Waals surface area contributed by atoms with Crippen molar-refractivity contribution in [3.8, 4) is 0 Å². The molecule has 0 aliphatic heterocycles. The Balaban J connectivity index is 3.18. The van der Waals surface area contributed by atoms with Gasteiger partial charge in [-0.3, -0.25) is 3.11 Å². The SMILES string of the molecule is C/C(=N/I)N(I)c1c(C)cccc1C. The van der Waals surface area contributed by atoms with E-state index in [1.807, 2.05) is 29.8 Å². The number of rotatable bonds is 1. The van der Waals surface area contributed by atoms with E-state index < -0.39 is 0 Å². The Hall–Kier alpha value is 0.150. The lowest BCUT2D eigenvalue weighted by molar-refractivity contribution is 1.34. The van der Waals surface area contributed by atoms with Crippen LogP contribution in [-0.2, 0) is 0 Å². The summed E-state index contributed by atoms with van der Waals surface area (Å²) in [5.41, 5.74) is 3.80. The summed E-state index contributed by atoms with van der Waals surface area (Å²) in [4.78, 5) is 0. The second kappa shape index (κ2) is 5.29. The van der Waals surface area contributed by atoms with Crippen molar-refractivity contribution in [1.29, 1.82) is 0 Å². The molecule has 0 aromatic heterocycles. The molecule has 0 aliphatic rings. The average Bonchev–Trinajstić information content (AvgIpc) is 2.16. The van der Waals surface area contributed by atoms with Crippen molar-refractivity contribution in [1.82, 2.24) is 0 Å². The van der Waals surface area contributed by atoms with Crippen molar-refractivity contribution < 1.29 is 0 Å². The summed E-state index contributed by atoms with van der Waals surface area (Å²) in [6.45, 7) is 6.24. The second-order valence-electron chi connectivity index (χ2n) is 3.15. The monoisotopic (exact) mass is 414 g/mol. The van der Waals surface area contributed by atoms with Crippen LogP contribution in [0, 0.1) is 13.8 Å². The first-order chi connectivity index (χ1) is 6.57. The predicted molar refractivity (Wildman–Crippen MR) is 79.5 cm³/mol. The summed E-state index contributed by atoms with van der Waals surface area (Å²) < 4.78 is 6.24. The number of para-hydroxylation sites is 1. The van der Waals surface area contributed by atoms with Gasteiger partial charge in [0.15, 0.2) is 0 Å². The van der Waals surface area contributed by atoms with E-state index in [1.165, 1.54) is 16.8 Å². The number of halogens is 2. The van der Waals surface area contributed by atoms with Crippen molar-refractivity contribution in [2.75, 3.05) is 3.11 Å². The Morgan fingerprint density at radius 3 is 2.21 bits per heavy atom. The van der Waals surface area contributed by atoms with Crippen molar-refractivity contribution >= 4 is 57.3 Å². The van der Waals surface area contributed by atoms with Crippen LogP contribution in [0.5, 0.6) is 0 Å². The van der Waals surface area contributed by atoms with Crippen LogP contribution in [0.1, 0.15) is 18.1 Å². The third-order valence-corrected chi connectivity index (χ3v) is 3.92. The Morgan fingerprint density at radius 1 is 1.29 bits per heavy atom. The zero-order chi connectivity index (χ0) is 10.7. The van der Waals surface area contributed by atoms with Crippen LogP contribution in [0.2, 0.25) is 0 Å². The Morgan fingerprint density at radius 2 is 1.79 bits per heavy atom. The average molecular weight is 414 g/mol. The van der Waals surface area contributed by atoms with E-state index in [0.29, 0.717) is 0 Å². The zero-order valence-corrected chi connectivity index (χ0v) is 12.7. The van der Waals surface area contributed by atoms with Crippen molar-refractivity contribution in [2.45, 2.75) is 20.8 Å². The molecule has 0 aliphatic carbocycles. The van der Waals surface area contributed by atoms with Gasteiger partial charge >= 0.3 is 0 Å². The van der Waals surface area contributed by atoms with Crippen LogP contribution in [0.3, 0.4) is 0 Å². The summed E-state index contributed by atoms with van der Waals surface area (Å²) in [5.74, 6) is 1.00. The number of hydrogen-bond donors (Lipinski definition) is 0. The molecule has 0 atom stereocenters. The molecule has 0 unspecified atom stereocenters. The van der Waals surface area contributed by atoms with Crippen LogP contribution in [0.25, 0.3) is 0 Å². The molecule has 1 aromatic rings. The van der Waals surface area contributed by atoms with Gasteiger partial charge in [0.25, 0.3) is 0 Å². The smallest absolute Gasteiger partial charge is 0.121 e. The van der Waals surface area contributed by atoms with E-state index in [4.69, 9.17) is 0 Å². The van der Waals surface area contributed by atoms with Crippen LogP contribution < -0.4 is 3.11 Å². The van der Waals surface area contributed by atoms with E-state index in [1.54, 1.807) is 0 Å². The number of aryl methyl sites for hydroxylation is 2. The van der Waals surface area contributed by atoms with E-state index >= 15 is 0 Å². The highest BCUT2D eigenvalue weighted by Crippen LogP contribution is 2.27. The lowest BCUT2D eigenvalue weighted by Gasteiger charge is -2.19. The van der Waals surface area contributed by atoms with Crippen LogP contribution >= 0.6 is 45.7 Å². The molecule has 0 heterocycles. The minimum atomic E-state index is 1.00. The molecule has 2 nitrogen and oxygen atoms in total. The lowest BCUT2D eigenvalue weighted by atomic mass is 10.1. The summed E-state index contributed by atoms with van der Waals surface area (Å²) >= 11 is 4.30. The Labute approximate surface area is 113 Å². The molecule has 0 amide bonds. The maximum atomic E-state index is 4.15. The van der Waals surface area contributed by atoms with Crippen LogP contribution in [0.15, 0.2) is 21.4 Å². The molecule has 0 spiro atoms. The number of anilines is 1. The first-order valence-corrected chi connectivity index (χ1v) is 6.18. The molecule has 1 aromatic carbocycles. The zero-order valence-electron chi connectivity index (χ0n) is 8.38. The van der Waals surface area contributed by atoms with Gasteiger partial charge in [-0.05, 0) is 31.9 Å². The van der Waals surface area contributed by atoms with Crippen molar-refractivity contribution in [3.63, 3.8) is 0 Å². The molecule has 0 radical (unpaired) electrons. The van der Waals surface area contributed by atoms with Gasteiger partial charge in [0, 0.05) is 0 Å². The van der Waals surface area contributed by atoms with Gasteiger partial charge in [0.1, 0.15) is 5.84 Å². The van der Waals surface area contributed by atoms with E-state index in [-0.39, 0.29) is 0 Å². The summed E-state index contributed by atoms with van der Waals surface area (Å²) in [7, 11) is 0. The molecule has 14 heavy (non-hydrogen) atoms. The van der Waals surface area contributed by atoms with Gasteiger partial charge in [-0.1, -0.05) is 18.2 Å². The molecule has 0 saturated carbocycles. The van der Waals surface area contributed by atoms with Gasteiger partial charge < -0.3 is 0 Å². The maximum Gasteiger partial charge on any atom is 0.121 e. The van der Waals surface area contributed by atoms with Crippen LogP contribution in [-0.4, -0.2) is 5.84 Å². The fourth-order valence-electron chi connectivity index (χ4n) is 1.31. The van der Waals surface area contributed by atoms with Gasteiger partial charge in [0.05, 0.1) is 51.4 Å². The third-order valence-electron chi connectivity index (χ3n) is 2.04. The molecule has 0 bridgehead atoms. The molecule has 0 fully saturated rings. The number of nitrogens with zero attached hydrogens (tertiary/aromatic N) is 2. The summed E-state index contributed by atoms with van der Waals surface area (Å²) in [6, 6.07) is 6.32. The quantitative estimate of drug-likeness (QED) is 0.291. The first-order valence-electron chi connectivity index (χ1n) is 4.25. The lowest BCUT2D eigenvalue weighted by Crippen LogP contribution is -2.17. The topological polar surface area (TPSA) is 15.6 Å². The third kappa shape index (κ3) is 2.59. The van der Waals surface area contributed by atoms with E-state index in [9.17, 15) is 0 Å². The number of hydrogen-bond acceptors (Lipinski definition) is 1. The Bertz CT molecular complexity index is 341. The Kier molecular flexibility index (Phi) is 4.62. The highest BCUT2D eigenvalue weighted by atomic mass is 127. The van der Waals surface area contributed by atoms with Crippen molar-refractivity contribution in [3.05, 3.63) is 29.3 Å². The maximum absolute atomic E-state index is 4.15. The molecular formula is C10H12I2N2. The predicted octanol–water partition coefficient (Wildman–Crippen LogP) is 4.23. The fraction of sp³-hybridized carbons (Fsp3) is 0.300. The van der Waals surface area contributed by atoms with Gasteiger partial charge in [-0.25, -0.2) is 3.21 Å². The minimum absolute atomic E-state index is 1.00. The van der Waals surface area contributed by atoms with Gasteiger partial charge in [-0.15, -0.1) is 0 Å². The molecule has 1 rings (SSSR count). The fourth-order valence-corrected chi connectivity index (χ4v) is 2.81. The van der Waals surface area contributed by atoms with Crippen molar-refractivity contribution in [2.24, 2.45) is 3.21 Å². The highest BCUT2D eigenvalue weighted by Gasteiger charge is 2.10. The molecular weight excluding hydrogens is 402 g/mol.